The molecule has 0 amide bonds. The van der Waals surface area contributed by atoms with Gasteiger partial charge in [-0.2, -0.15) is 0 Å². The molecule has 0 saturated heterocycles. The molecule has 0 fully saturated rings. The Labute approximate surface area is 142 Å². The molecule has 1 atom stereocenters. The van der Waals surface area contributed by atoms with Crippen LogP contribution in [0.1, 0.15) is 29.3 Å². The van der Waals surface area contributed by atoms with E-state index in [2.05, 4.69) is 41.9 Å². The minimum absolute atomic E-state index is 0.169. The molecule has 2 heterocycles. The lowest BCUT2D eigenvalue weighted by Crippen LogP contribution is -2.33. The molecule has 0 spiro atoms. The molecule has 0 radical (unpaired) electrons. The molecule has 24 heavy (non-hydrogen) atoms. The molecule has 1 unspecified atom stereocenters. The number of rotatable bonds is 3. The number of halogens is 1. The summed E-state index contributed by atoms with van der Waals surface area (Å²) in [5.74, 6) is -0.169. The SMILES string of the molecule is Cc1ccc2c(c1)c1c(n2CCc2ccc(F)cc2)CC(C)NC1. The van der Waals surface area contributed by atoms with Gasteiger partial charge in [0, 0.05) is 42.1 Å². The summed E-state index contributed by atoms with van der Waals surface area (Å²) in [5, 5.41) is 4.97. The third-order valence-electron chi connectivity index (χ3n) is 5.11. The monoisotopic (exact) mass is 322 g/mol. The second-order valence-electron chi connectivity index (χ2n) is 6.96. The van der Waals surface area contributed by atoms with Crippen molar-refractivity contribution in [2.45, 2.75) is 45.8 Å². The van der Waals surface area contributed by atoms with Crippen LogP contribution in [0.3, 0.4) is 0 Å². The van der Waals surface area contributed by atoms with Crippen molar-refractivity contribution in [3.05, 3.63) is 70.7 Å². The predicted molar refractivity (Wildman–Crippen MR) is 96.8 cm³/mol. The molecule has 124 valence electrons. The van der Waals surface area contributed by atoms with E-state index in [1.54, 1.807) is 12.1 Å². The number of hydrogen-bond donors (Lipinski definition) is 1. The van der Waals surface area contributed by atoms with E-state index in [9.17, 15) is 4.39 Å². The van der Waals surface area contributed by atoms with Crippen LogP contribution in [0.5, 0.6) is 0 Å². The Bertz CT molecular complexity index is 877. The summed E-state index contributed by atoms with van der Waals surface area (Å²) in [7, 11) is 0. The van der Waals surface area contributed by atoms with Gasteiger partial charge in [-0.25, -0.2) is 4.39 Å². The van der Waals surface area contributed by atoms with Gasteiger partial charge in [-0.05, 0) is 55.7 Å². The van der Waals surface area contributed by atoms with Crippen LogP contribution in [0.4, 0.5) is 4.39 Å². The van der Waals surface area contributed by atoms with Gasteiger partial charge < -0.3 is 9.88 Å². The molecule has 3 aromatic rings. The molecule has 1 aliphatic rings. The van der Waals surface area contributed by atoms with E-state index >= 15 is 0 Å². The first-order valence-corrected chi connectivity index (χ1v) is 8.70. The highest BCUT2D eigenvalue weighted by Crippen LogP contribution is 2.31. The van der Waals surface area contributed by atoms with Crippen molar-refractivity contribution in [2.75, 3.05) is 0 Å². The standard InChI is InChI=1S/C21H23FN2/c1-14-3-8-20-18(11-14)19-13-23-15(2)12-21(19)24(20)10-9-16-4-6-17(22)7-5-16/h3-8,11,15,23H,9-10,12-13H2,1-2H3. The molecule has 1 aliphatic heterocycles. The van der Waals surface area contributed by atoms with Crippen molar-refractivity contribution < 1.29 is 4.39 Å². The van der Waals surface area contributed by atoms with Crippen LogP contribution in [-0.4, -0.2) is 10.6 Å². The number of benzene rings is 2. The minimum atomic E-state index is -0.169. The number of aromatic nitrogens is 1. The molecule has 0 bridgehead atoms. The fraction of sp³-hybridized carbons (Fsp3) is 0.333. The predicted octanol–water partition coefficient (Wildman–Crippen LogP) is 4.37. The van der Waals surface area contributed by atoms with Gasteiger partial charge in [0.2, 0.25) is 0 Å². The smallest absolute Gasteiger partial charge is 0.123 e. The molecule has 1 N–H and O–H groups in total. The van der Waals surface area contributed by atoms with Gasteiger partial charge >= 0.3 is 0 Å². The number of aryl methyl sites for hydroxylation is 3. The average molecular weight is 322 g/mol. The van der Waals surface area contributed by atoms with Crippen molar-refractivity contribution in [1.82, 2.24) is 9.88 Å². The van der Waals surface area contributed by atoms with Crippen LogP contribution in [-0.2, 0) is 25.9 Å². The van der Waals surface area contributed by atoms with Crippen LogP contribution < -0.4 is 5.32 Å². The molecule has 1 aromatic heterocycles. The average Bonchev–Trinajstić information content (AvgIpc) is 2.86. The van der Waals surface area contributed by atoms with Crippen LogP contribution >= 0.6 is 0 Å². The fourth-order valence-corrected chi connectivity index (χ4v) is 3.81. The van der Waals surface area contributed by atoms with Crippen molar-refractivity contribution in [1.29, 1.82) is 0 Å². The van der Waals surface area contributed by atoms with E-state index in [0.717, 1.165) is 25.9 Å². The molecule has 2 nitrogen and oxygen atoms in total. The number of fused-ring (bicyclic) bond motifs is 3. The third-order valence-corrected chi connectivity index (χ3v) is 5.11. The van der Waals surface area contributed by atoms with Crippen LogP contribution in [0.15, 0.2) is 42.5 Å². The van der Waals surface area contributed by atoms with Gasteiger partial charge in [-0.1, -0.05) is 23.8 Å². The third kappa shape index (κ3) is 2.73. The lowest BCUT2D eigenvalue weighted by atomic mass is 10.0. The highest BCUT2D eigenvalue weighted by Gasteiger charge is 2.22. The second-order valence-corrected chi connectivity index (χ2v) is 6.96. The number of nitrogens with one attached hydrogen (secondary N) is 1. The van der Waals surface area contributed by atoms with Crippen LogP contribution in [0.25, 0.3) is 10.9 Å². The zero-order valence-corrected chi connectivity index (χ0v) is 14.3. The zero-order chi connectivity index (χ0) is 16.7. The Morgan fingerprint density at radius 2 is 1.96 bits per heavy atom. The van der Waals surface area contributed by atoms with Crippen LogP contribution in [0.2, 0.25) is 0 Å². The van der Waals surface area contributed by atoms with E-state index in [-0.39, 0.29) is 5.82 Å². The number of hydrogen-bond acceptors (Lipinski definition) is 1. The largest absolute Gasteiger partial charge is 0.344 e. The molecule has 3 heteroatoms. The molecule has 4 rings (SSSR count). The summed E-state index contributed by atoms with van der Waals surface area (Å²) in [6.07, 6.45) is 1.98. The van der Waals surface area contributed by atoms with E-state index in [1.165, 1.54) is 33.3 Å². The van der Waals surface area contributed by atoms with E-state index < -0.39 is 0 Å². The summed E-state index contributed by atoms with van der Waals surface area (Å²) in [5.41, 5.74) is 6.72. The lowest BCUT2D eigenvalue weighted by Gasteiger charge is -2.23. The summed E-state index contributed by atoms with van der Waals surface area (Å²) in [6.45, 7) is 6.28. The quantitative estimate of drug-likeness (QED) is 0.758. The van der Waals surface area contributed by atoms with Crippen molar-refractivity contribution >= 4 is 10.9 Å². The van der Waals surface area contributed by atoms with Crippen molar-refractivity contribution in [2.24, 2.45) is 0 Å². The first-order valence-electron chi connectivity index (χ1n) is 8.70. The molecular formula is C21H23FN2. The lowest BCUT2D eigenvalue weighted by molar-refractivity contribution is 0.492. The normalized spacial score (nSPS) is 17.2. The van der Waals surface area contributed by atoms with Crippen molar-refractivity contribution in [3.8, 4) is 0 Å². The number of nitrogens with zero attached hydrogens (tertiary/aromatic N) is 1. The highest BCUT2D eigenvalue weighted by molar-refractivity contribution is 5.86. The van der Waals surface area contributed by atoms with Gasteiger partial charge in [0.1, 0.15) is 5.82 Å². The fourth-order valence-electron chi connectivity index (χ4n) is 3.81. The molecule has 2 aromatic carbocycles. The maximum absolute atomic E-state index is 13.1. The molecular weight excluding hydrogens is 299 g/mol. The first-order chi connectivity index (χ1) is 11.6. The van der Waals surface area contributed by atoms with Gasteiger partial charge in [-0.3, -0.25) is 0 Å². The minimum Gasteiger partial charge on any atom is -0.344 e. The summed E-state index contributed by atoms with van der Waals surface area (Å²) in [6, 6.07) is 14.1. The van der Waals surface area contributed by atoms with E-state index in [4.69, 9.17) is 0 Å². The maximum Gasteiger partial charge on any atom is 0.123 e. The highest BCUT2D eigenvalue weighted by atomic mass is 19.1. The Balaban J connectivity index is 1.73. The maximum atomic E-state index is 13.1. The summed E-state index contributed by atoms with van der Waals surface area (Å²) in [4.78, 5) is 0. The Hall–Kier alpha value is -2.13. The van der Waals surface area contributed by atoms with Gasteiger partial charge in [0.15, 0.2) is 0 Å². The van der Waals surface area contributed by atoms with E-state index in [0.29, 0.717) is 6.04 Å². The second kappa shape index (κ2) is 6.06. The van der Waals surface area contributed by atoms with Gasteiger partial charge in [0.05, 0.1) is 0 Å². The Kier molecular flexibility index (Phi) is 3.89. The summed E-state index contributed by atoms with van der Waals surface area (Å²) >= 11 is 0. The van der Waals surface area contributed by atoms with Gasteiger partial charge in [-0.15, -0.1) is 0 Å². The summed E-state index contributed by atoms with van der Waals surface area (Å²) < 4.78 is 15.6. The van der Waals surface area contributed by atoms with Gasteiger partial charge in [0.25, 0.3) is 0 Å². The Morgan fingerprint density at radius 3 is 2.75 bits per heavy atom. The molecule has 0 saturated carbocycles. The first kappa shape index (κ1) is 15.4. The van der Waals surface area contributed by atoms with Crippen LogP contribution in [0, 0.1) is 12.7 Å². The molecule has 0 aliphatic carbocycles. The zero-order valence-electron chi connectivity index (χ0n) is 14.3. The van der Waals surface area contributed by atoms with Crippen molar-refractivity contribution in [3.63, 3.8) is 0 Å². The Morgan fingerprint density at radius 1 is 1.17 bits per heavy atom. The van der Waals surface area contributed by atoms with E-state index in [1.807, 2.05) is 12.1 Å². The topological polar surface area (TPSA) is 17.0 Å².